The van der Waals surface area contributed by atoms with Gasteiger partial charge in [-0.1, -0.05) is 129 Å². The third kappa shape index (κ3) is 7.01. The topological polar surface area (TPSA) is 58.9 Å². The van der Waals surface area contributed by atoms with Crippen LogP contribution in [-0.4, -0.2) is 41.7 Å². The van der Waals surface area contributed by atoms with Crippen molar-refractivity contribution in [2.24, 2.45) is 17.8 Å². The van der Waals surface area contributed by atoms with Gasteiger partial charge in [0.1, 0.15) is 5.60 Å². The Morgan fingerprint density at radius 3 is 1.95 bits per heavy atom. The lowest BCUT2D eigenvalue weighted by Gasteiger charge is -2.36. The Labute approximate surface area is 246 Å². The first kappa shape index (κ1) is 29.7. The number of ether oxygens (including phenoxy) is 2. The van der Waals surface area contributed by atoms with Crippen molar-refractivity contribution in [3.8, 4) is 0 Å². The van der Waals surface area contributed by atoms with Crippen molar-refractivity contribution in [3.63, 3.8) is 0 Å². The normalized spacial score (nSPS) is 25.0. The van der Waals surface area contributed by atoms with Gasteiger partial charge >= 0.3 is 0 Å². The Balaban J connectivity index is 1.23. The zero-order valence-corrected chi connectivity index (χ0v) is 24.4. The Bertz CT molecular complexity index is 1100. The molecule has 3 aromatic rings. The standard InChI is InChI=1S/C37H46O4/c1-2-3-7-20-32(38)21-22-34-35-27-33(25-28(35)26-36(34)39)40-23-24-41-37(29-14-8-4-9-15-29,30-16-10-5-11-17-30)31-18-12-6-13-19-31/h4-6,8-19,21-22,28,32-36,38-39H,2-3,7,20,23-27H2,1H3/t28-,32?,33-,34+,35+,36+/m0/s1. The van der Waals surface area contributed by atoms with Crippen molar-refractivity contribution in [2.75, 3.05) is 13.2 Å². The van der Waals surface area contributed by atoms with Crippen LogP contribution in [0.5, 0.6) is 0 Å². The molecule has 2 saturated carbocycles. The molecule has 4 heteroatoms. The molecule has 2 N–H and O–H groups in total. The lowest BCUT2D eigenvalue weighted by molar-refractivity contribution is -0.0442. The fraction of sp³-hybridized carbons (Fsp3) is 0.459. The lowest BCUT2D eigenvalue weighted by atomic mass is 9.80. The number of hydrogen-bond acceptors (Lipinski definition) is 4. The Morgan fingerprint density at radius 2 is 1.39 bits per heavy atom. The fourth-order valence-electron chi connectivity index (χ4n) is 7.14. The largest absolute Gasteiger partial charge is 0.392 e. The molecule has 41 heavy (non-hydrogen) atoms. The van der Waals surface area contributed by atoms with E-state index in [1.54, 1.807) is 0 Å². The van der Waals surface area contributed by atoms with Gasteiger partial charge in [0, 0.05) is 5.92 Å². The predicted octanol–water partition coefficient (Wildman–Crippen LogP) is 7.28. The molecule has 4 nitrogen and oxygen atoms in total. The van der Waals surface area contributed by atoms with Crippen molar-refractivity contribution in [3.05, 3.63) is 120 Å². The third-order valence-corrected chi connectivity index (χ3v) is 9.14. The van der Waals surface area contributed by atoms with Crippen LogP contribution < -0.4 is 0 Å². The van der Waals surface area contributed by atoms with E-state index in [4.69, 9.17) is 9.47 Å². The van der Waals surface area contributed by atoms with Crippen molar-refractivity contribution in [1.29, 1.82) is 0 Å². The molecule has 0 amide bonds. The Kier molecular flexibility index (Phi) is 10.5. The minimum Gasteiger partial charge on any atom is -0.392 e. The summed E-state index contributed by atoms with van der Waals surface area (Å²) in [6.45, 7) is 3.15. The molecule has 2 aliphatic rings. The average Bonchev–Trinajstić information content (AvgIpc) is 3.53. The van der Waals surface area contributed by atoms with Gasteiger partial charge in [-0.2, -0.15) is 0 Å². The van der Waals surface area contributed by atoms with Crippen molar-refractivity contribution in [1.82, 2.24) is 0 Å². The number of fused-ring (bicyclic) bond motifs is 1. The van der Waals surface area contributed by atoms with Gasteiger partial charge in [-0.05, 0) is 54.2 Å². The van der Waals surface area contributed by atoms with E-state index in [0.717, 1.165) is 61.6 Å². The molecule has 1 unspecified atom stereocenters. The zero-order valence-electron chi connectivity index (χ0n) is 24.4. The molecule has 0 bridgehead atoms. The van der Waals surface area contributed by atoms with Gasteiger partial charge in [-0.25, -0.2) is 0 Å². The van der Waals surface area contributed by atoms with Gasteiger partial charge in [0.05, 0.1) is 31.5 Å². The van der Waals surface area contributed by atoms with E-state index in [2.05, 4.69) is 85.8 Å². The number of unbranched alkanes of at least 4 members (excludes halogenated alkanes) is 2. The molecule has 5 rings (SSSR count). The highest BCUT2D eigenvalue weighted by Gasteiger charge is 2.47. The maximum absolute atomic E-state index is 10.7. The van der Waals surface area contributed by atoms with Crippen molar-refractivity contribution < 1.29 is 19.7 Å². The summed E-state index contributed by atoms with van der Waals surface area (Å²) in [4.78, 5) is 0. The van der Waals surface area contributed by atoms with Crippen LogP contribution in [-0.2, 0) is 15.1 Å². The van der Waals surface area contributed by atoms with Gasteiger partial charge in [-0.3, -0.25) is 0 Å². The molecular formula is C37H46O4. The van der Waals surface area contributed by atoms with Crippen LogP contribution in [0.4, 0.5) is 0 Å². The van der Waals surface area contributed by atoms with Gasteiger partial charge in [-0.15, -0.1) is 0 Å². The van der Waals surface area contributed by atoms with Crippen LogP contribution in [0.2, 0.25) is 0 Å². The SMILES string of the molecule is CCCCCC(O)C=C[C@@H]1[C@@H]2C[C@@H](OCCOC(c3ccccc3)(c3ccccc3)c3ccccc3)C[C@H]2C[C@H]1O. The summed E-state index contributed by atoms with van der Waals surface area (Å²) in [7, 11) is 0. The summed E-state index contributed by atoms with van der Waals surface area (Å²) in [6, 6.07) is 31.3. The fourth-order valence-corrected chi connectivity index (χ4v) is 7.14. The van der Waals surface area contributed by atoms with Gasteiger partial charge < -0.3 is 19.7 Å². The van der Waals surface area contributed by atoms with Crippen molar-refractivity contribution >= 4 is 0 Å². The highest BCUT2D eigenvalue weighted by molar-refractivity contribution is 5.47. The Hall–Kier alpha value is -2.76. The van der Waals surface area contributed by atoms with Crippen LogP contribution in [0.1, 0.15) is 68.6 Å². The number of hydrogen-bond donors (Lipinski definition) is 2. The second-order valence-electron chi connectivity index (χ2n) is 11.8. The summed E-state index contributed by atoms with van der Waals surface area (Å²) < 4.78 is 13.3. The smallest absolute Gasteiger partial charge is 0.143 e. The third-order valence-electron chi connectivity index (χ3n) is 9.14. The average molecular weight is 555 g/mol. The molecular weight excluding hydrogens is 508 g/mol. The summed E-state index contributed by atoms with van der Waals surface area (Å²) in [5, 5.41) is 21.1. The number of aliphatic hydroxyl groups is 2. The summed E-state index contributed by atoms with van der Waals surface area (Å²) in [5.74, 6) is 0.986. The number of rotatable bonds is 14. The number of benzene rings is 3. The lowest BCUT2D eigenvalue weighted by Crippen LogP contribution is -2.34. The summed E-state index contributed by atoms with van der Waals surface area (Å²) >= 11 is 0. The molecule has 2 fully saturated rings. The first-order valence-electron chi connectivity index (χ1n) is 15.6. The second-order valence-corrected chi connectivity index (χ2v) is 11.8. The molecule has 0 spiro atoms. The number of aliphatic hydroxyl groups excluding tert-OH is 2. The van der Waals surface area contributed by atoms with Gasteiger partial charge in [0.2, 0.25) is 0 Å². The van der Waals surface area contributed by atoms with E-state index in [9.17, 15) is 10.2 Å². The Morgan fingerprint density at radius 1 is 0.805 bits per heavy atom. The van der Waals surface area contributed by atoms with Crippen LogP contribution in [0.15, 0.2) is 103 Å². The molecule has 3 aromatic carbocycles. The molecule has 0 saturated heterocycles. The molecule has 218 valence electrons. The molecule has 0 aromatic heterocycles. The predicted molar refractivity (Wildman–Crippen MR) is 165 cm³/mol. The molecule has 0 radical (unpaired) electrons. The van der Waals surface area contributed by atoms with Crippen LogP contribution in [0.3, 0.4) is 0 Å². The monoisotopic (exact) mass is 554 g/mol. The quantitative estimate of drug-likeness (QED) is 0.125. The van der Waals surface area contributed by atoms with Crippen LogP contribution in [0.25, 0.3) is 0 Å². The maximum atomic E-state index is 10.7. The first-order valence-corrected chi connectivity index (χ1v) is 15.6. The van der Waals surface area contributed by atoms with Crippen molar-refractivity contribution in [2.45, 2.75) is 75.8 Å². The molecule has 6 atom stereocenters. The van der Waals surface area contributed by atoms with E-state index < -0.39 is 11.7 Å². The summed E-state index contributed by atoms with van der Waals surface area (Å²) in [5.41, 5.74) is 2.53. The highest BCUT2D eigenvalue weighted by atomic mass is 16.5. The van der Waals surface area contributed by atoms with Gasteiger partial charge in [0.15, 0.2) is 0 Å². The van der Waals surface area contributed by atoms with E-state index in [0.29, 0.717) is 25.0 Å². The molecule has 0 heterocycles. The zero-order chi connectivity index (χ0) is 28.5. The van der Waals surface area contributed by atoms with E-state index in [1.807, 2.05) is 24.3 Å². The minimum atomic E-state index is -0.739. The molecule has 0 aliphatic heterocycles. The van der Waals surface area contributed by atoms with E-state index in [-0.39, 0.29) is 18.1 Å². The van der Waals surface area contributed by atoms with Crippen LogP contribution >= 0.6 is 0 Å². The van der Waals surface area contributed by atoms with Crippen LogP contribution in [0, 0.1) is 17.8 Å². The van der Waals surface area contributed by atoms with Gasteiger partial charge in [0.25, 0.3) is 0 Å². The van der Waals surface area contributed by atoms with E-state index in [1.165, 1.54) is 0 Å². The second kappa shape index (κ2) is 14.4. The first-order chi connectivity index (χ1) is 20.1. The highest BCUT2D eigenvalue weighted by Crippen LogP contribution is 2.49. The summed E-state index contributed by atoms with van der Waals surface area (Å²) in [6.07, 6.45) is 10.3. The maximum Gasteiger partial charge on any atom is 0.143 e. The minimum absolute atomic E-state index is 0.104. The molecule has 2 aliphatic carbocycles. The van der Waals surface area contributed by atoms with E-state index >= 15 is 0 Å².